The van der Waals surface area contributed by atoms with E-state index in [1.807, 2.05) is 18.2 Å². The van der Waals surface area contributed by atoms with Crippen LogP contribution >= 0.6 is 0 Å². The van der Waals surface area contributed by atoms with Gasteiger partial charge >= 0.3 is 12.1 Å². The van der Waals surface area contributed by atoms with Gasteiger partial charge in [0, 0.05) is 44.8 Å². The third kappa shape index (κ3) is 6.73. The molecule has 6 N–H and O–H groups in total. The van der Waals surface area contributed by atoms with Gasteiger partial charge in [0.05, 0.1) is 5.52 Å². The van der Waals surface area contributed by atoms with Crippen molar-refractivity contribution in [3.63, 3.8) is 0 Å². The van der Waals surface area contributed by atoms with Crippen molar-refractivity contribution in [3.05, 3.63) is 81.6 Å². The van der Waals surface area contributed by atoms with Gasteiger partial charge in [-0.3, -0.25) is 25.5 Å². The fraction of sp³-hybridized carbons (Fsp3) is 0.308. The van der Waals surface area contributed by atoms with Crippen LogP contribution in [0.15, 0.2) is 59.5 Å². The largest absolute Gasteiger partial charge is 0.480 e. The number of carbonyl (C=O) groups is 3. The van der Waals surface area contributed by atoms with Crippen LogP contribution in [0.2, 0.25) is 0 Å². The van der Waals surface area contributed by atoms with Crippen LogP contribution in [0.4, 0.5) is 4.79 Å². The van der Waals surface area contributed by atoms with E-state index in [2.05, 4.69) is 26.6 Å². The minimum Gasteiger partial charge on any atom is -0.480 e. The molecule has 0 saturated carbocycles. The Morgan fingerprint density at radius 2 is 1.84 bits per heavy atom. The van der Waals surface area contributed by atoms with E-state index in [1.165, 1.54) is 6.20 Å². The van der Waals surface area contributed by atoms with Crippen molar-refractivity contribution < 1.29 is 24.2 Å². The van der Waals surface area contributed by atoms with Gasteiger partial charge in [0.25, 0.3) is 5.91 Å². The number of aliphatic carboxylic acids is 1. The van der Waals surface area contributed by atoms with Crippen molar-refractivity contribution in [1.29, 1.82) is 0 Å². The normalized spacial score (nSPS) is 14.2. The van der Waals surface area contributed by atoms with Gasteiger partial charge in [-0.25, -0.2) is 9.59 Å². The number of amides is 2. The summed E-state index contributed by atoms with van der Waals surface area (Å²) >= 11 is 0. The van der Waals surface area contributed by atoms with Crippen LogP contribution in [0.25, 0.3) is 10.9 Å². The van der Waals surface area contributed by atoms with Crippen molar-refractivity contribution in [2.24, 2.45) is 7.05 Å². The quantitative estimate of drug-likeness (QED) is 0.219. The lowest BCUT2D eigenvalue weighted by Gasteiger charge is -2.16. The highest BCUT2D eigenvalue weighted by atomic mass is 16.5. The third-order valence-corrected chi connectivity index (χ3v) is 6.10. The smallest absolute Gasteiger partial charge is 0.408 e. The van der Waals surface area contributed by atoms with Gasteiger partial charge in [0.1, 0.15) is 24.5 Å². The minimum absolute atomic E-state index is 0.0235. The molecule has 2 heterocycles. The lowest BCUT2D eigenvalue weighted by molar-refractivity contribution is -0.139. The number of fused-ring (bicyclic) bond motifs is 1. The maximum absolute atomic E-state index is 13.1. The fourth-order valence-corrected chi connectivity index (χ4v) is 4.07. The number of alkyl carbamates (subject to hydrolysis) is 1. The van der Waals surface area contributed by atoms with E-state index in [0.717, 1.165) is 24.2 Å². The van der Waals surface area contributed by atoms with E-state index in [1.54, 1.807) is 41.9 Å². The van der Waals surface area contributed by atoms with E-state index >= 15 is 0 Å². The maximum atomic E-state index is 13.1. The first kappa shape index (κ1) is 26.8. The van der Waals surface area contributed by atoms with Crippen molar-refractivity contribution >= 4 is 28.9 Å². The first-order valence-corrected chi connectivity index (χ1v) is 12.1. The minimum atomic E-state index is -1.45. The van der Waals surface area contributed by atoms with Crippen LogP contribution < -0.4 is 32.0 Å². The summed E-state index contributed by atoms with van der Waals surface area (Å²) in [6.45, 7) is 1.87. The van der Waals surface area contributed by atoms with Crippen molar-refractivity contribution in [1.82, 2.24) is 31.2 Å². The number of carboxylic acid groups (broad SMARTS) is 1. The Kier molecular flexibility index (Phi) is 8.69. The van der Waals surface area contributed by atoms with Crippen LogP contribution in [-0.2, 0) is 29.7 Å². The second-order valence-corrected chi connectivity index (χ2v) is 8.86. The number of nitrogens with zero attached hydrogens (tertiary/aromatic N) is 1. The number of hydrogen-bond donors (Lipinski definition) is 6. The summed E-state index contributed by atoms with van der Waals surface area (Å²) < 4.78 is 6.72. The van der Waals surface area contributed by atoms with Crippen LogP contribution in [0.3, 0.4) is 0 Å². The second kappa shape index (κ2) is 12.3. The Labute approximate surface area is 218 Å². The van der Waals surface area contributed by atoms with Crippen molar-refractivity contribution in [3.8, 4) is 0 Å². The first-order chi connectivity index (χ1) is 18.3. The molecule has 1 aliphatic rings. The van der Waals surface area contributed by atoms with Gasteiger partial charge in [-0.05, 0) is 23.3 Å². The average molecular weight is 523 g/mol. The molecule has 0 spiro atoms. The summed E-state index contributed by atoms with van der Waals surface area (Å²) in [5.41, 5.74) is 1.75. The molecular formula is C26H30N6O6. The molecule has 12 heteroatoms. The second-order valence-electron chi connectivity index (χ2n) is 8.86. The van der Waals surface area contributed by atoms with Crippen LogP contribution in [0, 0.1) is 0 Å². The van der Waals surface area contributed by atoms with E-state index in [-0.39, 0.29) is 18.5 Å². The number of rotatable bonds is 10. The van der Waals surface area contributed by atoms with Gasteiger partial charge in [0.2, 0.25) is 5.43 Å². The summed E-state index contributed by atoms with van der Waals surface area (Å²) in [6.07, 6.45) is 0.492. The lowest BCUT2D eigenvalue weighted by atomic mass is 10.1. The highest BCUT2D eigenvalue weighted by Crippen LogP contribution is 2.14. The molecule has 1 atom stereocenters. The number of carboxylic acids is 1. The Hall–Kier alpha value is -4.26. The number of pyridine rings is 1. The summed E-state index contributed by atoms with van der Waals surface area (Å²) in [5, 5.41) is 24.3. The number of ether oxygens (including phenoxy) is 1. The third-order valence-electron chi connectivity index (χ3n) is 6.10. The number of aromatic nitrogens is 1. The SMILES string of the molecule is Cn1cc(C(=O)NCC(NC(=O)OCc2ccccc2)C(=O)O)c(=O)c2ccc(CNC3NCCN3)cc21. The molecule has 0 radical (unpaired) electrons. The zero-order valence-corrected chi connectivity index (χ0v) is 20.8. The molecule has 2 amide bonds. The predicted octanol–water partition coefficient (Wildman–Crippen LogP) is 0.214. The number of carbonyl (C=O) groups excluding carboxylic acids is 2. The molecule has 3 aromatic rings. The zero-order valence-electron chi connectivity index (χ0n) is 20.8. The first-order valence-electron chi connectivity index (χ1n) is 12.1. The molecule has 4 rings (SSSR count). The maximum Gasteiger partial charge on any atom is 0.408 e. The summed E-state index contributed by atoms with van der Waals surface area (Å²) in [4.78, 5) is 49.6. The van der Waals surface area contributed by atoms with E-state index < -0.39 is 36.0 Å². The standard InChI is InChI=1S/C26H30N6O6/c1-32-14-19(22(33)18-8-7-17(11-21(18)32)12-30-25-27-9-10-28-25)23(34)29-13-20(24(35)36)31-26(37)38-15-16-5-3-2-4-6-16/h2-8,11,14,20,25,27-28,30H,9-10,12-13,15H2,1H3,(H,29,34)(H,31,37)(H,35,36). The predicted molar refractivity (Wildman–Crippen MR) is 139 cm³/mol. The number of benzene rings is 2. The fourth-order valence-electron chi connectivity index (χ4n) is 4.07. The Morgan fingerprint density at radius 3 is 2.55 bits per heavy atom. The van der Waals surface area contributed by atoms with E-state index in [0.29, 0.717) is 17.4 Å². The van der Waals surface area contributed by atoms with Gasteiger partial charge in [-0.1, -0.05) is 36.4 Å². The highest BCUT2D eigenvalue weighted by molar-refractivity contribution is 5.97. The molecule has 12 nitrogen and oxygen atoms in total. The van der Waals surface area contributed by atoms with Crippen LogP contribution in [0.5, 0.6) is 0 Å². The molecule has 1 aliphatic heterocycles. The van der Waals surface area contributed by atoms with E-state index in [9.17, 15) is 24.3 Å². The highest BCUT2D eigenvalue weighted by Gasteiger charge is 2.23. The number of hydrogen-bond acceptors (Lipinski definition) is 8. The Bertz CT molecular complexity index is 1370. The van der Waals surface area contributed by atoms with Gasteiger partial charge in [0.15, 0.2) is 0 Å². The molecule has 1 aromatic heterocycles. The summed E-state index contributed by atoms with van der Waals surface area (Å²) in [7, 11) is 1.72. The molecular weight excluding hydrogens is 492 g/mol. The molecule has 1 fully saturated rings. The number of aryl methyl sites for hydroxylation is 1. The van der Waals surface area contributed by atoms with Crippen molar-refractivity contribution in [2.45, 2.75) is 25.5 Å². The van der Waals surface area contributed by atoms with Gasteiger partial charge in [-0.2, -0.15) is 0 Å². The van der Waals surface area contributed by atoms with Crippen molar-refractivity contribution in [2.75, 3.05) is 19.6 Å². The molecule has 0 bridgehead atoms. The molecule has 2 aromatic carbocycles. The van der Waals surface area contributed by atoms with E-state index in [4.69, 9.17) is 4.74 Å². The molecule has 1 unspecified atom stereocenters. The van der Waals surface area contributed by atoms with Gasteiger partial charge in [-0.15, -0.1) is 0 Å². The molecule has 38 heavy (non-hydrogen) atoms. The van der Waals surface area contributed by atoms with Crippen LogP contribution in [0.1, 0.15) is 21.5 Å². The number of nitrogens with one attached hydrogen (secondary N) is 5. The van der Waals surface area contributed by atoms with Gasteiger partial charge < -0.3 is 25.0 Å². The lowest BCUT2D eigenvalue weighted by Crippen LogP contribution is -2.49. The zero-order chi connectivity index (χ0) is 27.1. The summed E-state index contributed by atoms with van der Waals surface area (Å²) in [6, 6.07) is 12.8. The Morgan fingerprint density at radius 1 is 1.11 bits per heavy atom. The summed E-state index contributed by atoms with van der Waals surface area (Å²) in [5.74, 6) is -2.11. The average Bonchev–Trinajstić information content (AvgIpc) is 3.44. The molecule has 200 valence electrons. The Balaban J connectivity index is 1.38. The molecule has 0 aliphatic carbocycles. The van der Waals surface area contributed by atoms with Crippen LogP contribution in [-0.4, -0.2) is 59.6 Å². The monoisotopic (exact) mass is 522 g/mol. The topological polar surface area (TPSA) is 163 Å². The molecule has 1 saturated heterocycles.